The normalized spacial score (nSPS) is 10.6. The Hall–Kier alpha value is -2.02. The van der Waals surface area contributed by atoms with Crippen LogP contribution in [0.3, 0.4) is 0 Å². The molecule has 0 aliphatic heterocycles. The van der Waals surface area contributed by atoms with Crippen molar-refractivity contribution in [2.24, 2.45) is 0 Å². The lowest BCUT2D eigenvalue weighted by molar-refractivity contribution is 0.252. The van der Waals surface area contributed by atoms with Gasteiger partial charge in [-0.2, -0.15) is 4.37 Å². The molecule has 124 valence electrons. The molecule has 0 aliphatic carbocycles. The lowest BCUT2D eigenvalue weighted by Crippen LogP contribution is -2.32. The number of carbonyl (C=O) groups is 1. The van der Waals surface area contributed by atoms with E-state index in [0.29, 0.717) is 28.8 Å². The molecule has 0 radical (unpaired) electrons. The minimum atomic E-state index is -0.329. The van der Waals surface area contributed by atoms with Crippen molar-refractivity contribution in [1.29, 1.82) is 0 Å². The second kappa shape index (κ2) is 7.70. The first-order valence-corrected chi connectivity index (χ1v) is 8.74. The van der Waals surface area contributed by atoms with Crippen LogP contribution in [0.4, 0.5) is 16.3 Å². The smallest absolute Gasteiger partial charge is 0.319 e. The van der Waals surface area contributed by atoms with Crippen LogP contribution in [0, 0.1) is 0 Å². The summed E-state index contributed by atoms with van der Waals surface area (Å²) in [4.78, 5) is 11.9. The molecule has 0 aliphatic rings. The summed E-state index contributed by atoms with van der Waals surface area (Å²) in [5.41, 5.74) is 0.511. The number of hydrogen-bond donors (Lipinski definition) is 3. The lowest BCUT2D eigenvalue weighted by Gasteiger charge is -2.09. The molecule has 0 spiro atoms. The molecule has 2 amide bonds. The third kappa shape index (κ3) is 4.08. The number of nitrogens with zero attached hydrogens (tertiary/aromatic N) is 1. The maximum Gasteiger partial charge on any atom is 0.319 e. The molecule has 3 N–H and O–H groups in total. The van der Waals surface area contributed by atoms with Crippen LogP contribution in [0.5, 0.6) is 0 Å². The van der Waals surface area contributed by atoms with Gasteiger partial charge in [0, 0.05) is 23.5 Å². The van der Waals surface area contributed by atoms with E-state index in [4.69, 9.17) is 23.2 Å². The minimum absolute atomic E-state index is 0.329. The van der Waals surface area contributed by atoms with E-state index < -0.39 is 0 Å². The van der Waals surface area contributed by atoms with Crippen LogP contribution in [-0.2, 0) is 0 Å². The fourth-order valence-electron chi connectivity index (χ4n) is 2.13. The minimum Gasteiger partial charge on any atom is -0.367 e. The van der Waals surface area contributed by atoms with Gasteiger partial charge in [0.05, 0.1) is 15.4 Å². The number of fused-ring (bicyclic) bond motifs is 1. The first-order chi connectivity index (χ1) is 11.6. The molecule has 3 rings (SSSR count). The maximum absolute atomic E-state index is 11.9. The Labute approximate surface area is 153 Å². The topological polar surface area (TPSA) is 66.0 Å². The standard InChI is InChI=1S/C16H14Cl2N4OS/c17-10-5-6-13(12(18)9-10)21-16(23)20-8-7-19-15-11-3-1-2-4-14(11)24-22-15/h1-6,9H,7-8H2,(H,19,22)(H2,20,21,23). The second-order valence-corrected chi connectivity index (χ2v) is 6.61. The van der Waals surface area contributed by atoms with E-state index in [2.05, 4.69) is 20.3 Å². The molecule has 0 bridgehead atoms. The molecular formula is C16H14Cl2N4OS. The summed E-state index contributed by atoms with van der Waals surface area (Å²) >= 11 is 13.3. The van der Waals surface area contributed by atoms with Crippen LogP contribution < -0.4 is 16.0 Å². The maximum atomic E-state index is 11.9. The molecule has 1 heterocycles. The van der Waals surface area contributed by atoms with Gasteiger partial charge < -0.3 is 16.0 Å². The van der Waals surface area contributed by atoms with Gasteiger partial charge in [0.1, 0.15) is 5.82 Å². The molecule has 5 nitrogen and oxygen atoms in total. The molecule has 0 fully saturated rings. The summed E-state index contributed by atoms with van der Waals surface area (Å²) in [7, 11) is 0. The van der Waals surface area contributed by atoms with E-state index in [1.54, 1.807) is 18.2 Å². The average molecular weight is 381 g/mol. The molecule has 0 atom stereocenters. The third-order valence-electron chi connectivity index (χ3n) is 3.26. The zero-order valence-corrected chi connectivity index (χ0v) is 14.8. The summed E-state index contributed by atoms with van der Waals surface area (Å²) in [6, 6.07) is 12.6. The van der Waals surface area contributed by atoms with Crippen molar-refractivity contribution in [2.75, 3.05) is 23.7 Å². The van der Waals surface area contributed by atoms with Gasteiger partial charge in [-0.15, -0.1) is 0 Å². The van der Waals surface area contributed by atoms with E-state index in [1.807, 2.05) is 24.3 Å². The van der Waals surface area contributed by atoms with Crippen molar-refractivity contribution in [3.05, 3.63) is 52.5 Å². The molecule has 8 heteroatoms. The Morgan fingerprint density at radius 2 is 1.96 bits per heavy atom. The monoisotopic (exact) mass is 380 g/mol. The molecule has 2 aromatic carbocycles. The quantitative estimate of drug-likeness (QED) is 0.555. The molecule has 24 heavy (non-hydrogen) atoms. The SMILES string of the molecule is O=C(NCCNc1nsc2ccccc12)Nc1ccc(Cl)cc1Cl. The molecule has 0 unspecified atom stereocenters. The van der Waals surface area contributed by atoms with Crippen molar-refractivity contribution in [3.8, 4) is 0 Å². The molecule has 1 aromatic heterocycles. The molecule has 0 saturated carbocycles. The van der Waals surface area contributed by atoms with Crippen LogP contribution in [0.15, 0.2) is 42.5 Å². The van der Waals surface area contributed by atoms with Crippen LogP contribution in [0.25, 0.3) is 10.1 Å². The highest BCUT2D eigenvalue weighted by atomic mass is 35.5. The predicted molar refractivity (Wildman–Crippen MR) is 102 cm³/mol. The van der Waals surface area contributed by atoms with Gasteiger partial charge in [-0.1, -0.05) is 35.3 Å². The first kappa shape index (κ1) is 16.8. The van der Waals surface area contributed by atoms with Crippen LogP contribution in [0.2, 0.25) is 10.0 Å². The van der Waals surface area contributed by atoms with Crippen molar-refractivity contribution in [3.63, 3.8) is 0 Å². The summed E-state index contributed by atoms with van der Waals surface area (Å²) in [6.45, 7) is 1.01. The van der Waals surface area contributed by atoms with Crippen LogP contribution in [-0.4, -0.2) is 23.5 Å². The van der Waals surface area contributed by atoms with Gasteiger partial charge >= 0.3 is 6.03 Å². The molecular weight excluding hydrogens is 367 g/mol. The van der Waals surface area contributed by atoms with Gasteiger partial charge in [-0.05, 0) is 41.9 Å². The zero-order valence-electron chi connectivity index (χ0n) is 12.5. The Morgan fingerprint density at radius 3 is 2.79 bits per heavy atom. The number of hydrogen-bond acceptors (Lipinski definition) is 4. The first-order valence-electron chi connectivity index (χ1n) is 7.21. The van der Waals surface area contributed by atoms with Gasteiger partial charge in [-0.25, -0.2) is 4.79 Å². The Balaban J connectivity index is 1.47. The summed E-state index contributed by atoms with van der Waals surface area (Å²) in [5, 5.41) is 10.6. The number of benzene rings is 2. The van der Waals surface area contributed by atoms with Gasteiger partial charge in [0.2, 0.25) is 0 Å². The highest BCUT2D eigenvalue weighted by molar-refractivity contribution is 7.13. The van der Waals surface area contributed by atoms with Crippen molar-refractivity contribution < 1.29 is 4.79 Å². The summed E-state index contributed by atoms with van der Waals surface area (Å²) in [5.74, 6) is 0.832. The Kier molecular flexibility index (Phi) is 5.40. The fraction of sp³-hybridized carbons (Fsp3) is 0.125. The summed E-state index contributed by atoms with van der Waals surface area (Å²) in [6.07, 6.45) is 0. The van der Waals surface area contributed by atoms with Crippen molar-refractivity contribution in [1.82, 2.24) is 9.69 Å². The fourth-order valence-corrected chi connectivity index (χ4v) is 3.34. The van der Waals surface area contributed by atoms with Crippen LogP contribution in [0.1, 0.15) is 0 Å². The van der Waals surface area contributed by atoms with E-state index in [0.717, 1.165) is 15.9 Å². The highest BCUT2D eigenvalue weighted by Crippen LogP contribution is 2.26. The zero-order chi connectivity index (χ0) is 16.9. The number of urea groups is 1. The largest absolute Gasteiger partial charge is 0.367 e. The lowest BCUT2D eigenvalue weighted by atomic mass is 10.2. The van der Waals surface area contributed by atoms with E-state index in [1.165, 1.54) is 11.5 Å². The Morgan fingerprint density at radius 1 is 1.12 bits per heavy atom. The Bertz CT molecular complexity index is 868. The van der Waals surface area contributed by atoms with E-state index >= 15 is 0 Å². The molecule has 3 aromatic rings. The number of aromatic nitrogens is 1. The number of carbonyl (C=O) groups excluding carboxylic acids is 1. The second-order valence-electron chi connectivity index (χ2n) is 4.96. The van der Waals surface area contributed by atoms with Gasteiger partial charge in [0.25, 0.3) is 0 Å². The predicted octanol–water partition coefficient (Wildman–Crippen LogP) is 4.84. The van der Waals surface area contributed by atoms with Crippen LogP contribution >= 0.6 is 34.7 Å². The van der Waals surface area contributed by atoms with E-state index in [-0.39, 0.29) is 6.03 Å². The number of amides is 2. The van der Waals surface area contributed by atoms with Crippen molar-refractivity contribution >= 4 is 62.4 Å². The third-order valence-corrected chi connectivity index (χ3v) is 4.63. The number of nitrogens with one attached hydrogen (secondary N) is 3. The molecule has 0 saturated heterocycles. The average Bonchev–Trinajstić information content (AvgIpc) is 2.98. The van der Waals surface area contributed by atoms with Crippen molar-refractivity contribution in [2.45, 2.75) is 0 Å². The number of halogens is 2. The van der Waals surface area contributed by atoms with Gasteiger partial charge in [0.15, 0.2) is 0 Å². The highest BCUT2D eigenvalue weighted by Gasteiger charge is 2.07. The van der Waals surface area contributed by atoms with Gasteiger partial charge in [-0.3, -0.25) is 0 Å². The van der Waals surface area contributed by atoms with E-state index in [9.17, 15) is 4.79 Å². The number of rotatable bonds is 5. The number of anilines is 2. The summed E-state index contributed by atoms with van der Waals surface area (Å²) < 4.78 is 5.50.